The van der Waals surface area contributed by atoms with Crippen LogP contribution in [0, 0.1) is 0 Å². The molecule has 1 saturated heterocycles. The third-order valence-electron chi connectivity index (χ3n) is 4.04. The predicted octanol–water partition coefficient (Wildman–Crippen LogP) is 1.02. The first-order chi connectivity index (χ1) is 10.8. The smallest absolute Gasteiger partial charge is 0.223 e. The number of aryl methyl sites for hydroxylation is 1. The van der Waals surface area contributed by atoms with Crippen LogP contribution in [0.4, 0.5) is 0 Å². The minimum atomic E-state index is 0.191. The van der Waals surface area contributed by atoms with Crippen molar-refractivity contribution in [3.63, 3.8) is 0 Å². The summed E-state index contributed by atoms with van der Waals surface area (Å²) < 4.78 is 1.94. The van der Waals surface area contributed by atoms with Crippen molar-refractivity contribution in [3.05, 3.63) is 42.5 Å². The molecular formula is C16H21N5O. The summed E-state index contributed by atoms with van der Waals surface area (Å²) in [6, 6.07) is 10.2. The Kier molecular flexibility index (Phi) is 4.48. The highest BCUT2D eigenvalue weighted by Gasteiger charge is 2.23. The average Bonchev–Trinajstić information content (AvgIpc) is 3.02. The largest absolute Gasteiger partial charge is 0.337 e. The van der Waals surface area contributed by atoms with Crippen LogP contribution >= 0.6 is 0 Å². The Morgan fingerprint density at radius 3 is 2.95 bits per heavy atom. The highest BCUT2D eigenvalue weighted by Crippen LogP contribution is 2.12. The molecule has 1 aromatic carbocycles. The number of nitrogens with one attached hydrogen (secondary N) is 1. The molecule has 0 bridgehead atoms. The fourth-order valence-electron chi connectivity index (χ4n) is 2.81. The monoisotopic (exact) mass is 299 g/mol. The van der Waals surface area contributed by atoms with Crippen LogP contribution < -0.4 is 5.32 Å². The van der Waals surface area contributed by atoms with E-state index in [-0.39, 0.29) is 11.9 Å². The Hall–Kier alpha value is -2.21. The second-order valence-corrected chi connectivity index (χ2v) is 5.59. The van der Waals surface area contributed by atoms with E-state index in [0.717, 1.165) is 31.1 Å². The van der Waals surface area contributed by atoms with Crippen molar-refractivity contribution in [1.29, 1.82) is 0 Å². The maximum absolute atomic E-state index is 12.4. The van der Waals surface area contributed by atoms with Gasteiger partial charge in [0.15, 0.2) is 0 Å². The molecule has 1 unspecified atom stereocenters. The molecule has 2 aromatic rings. The molecule has 6 nitrogen and oxygen atoms in total. The van der Waals surface area contributed by atoms with Crippen LogP contribution in [0.3, 0.4) is 0 Å². The van der Waals surface area contributed by atoms with Crippen molar-refractivity contribution >= 4 is 5.91 Å². The molecule has 1 atom stereocenters. The Morgan fingerprint density at radius 2 is 2.18 bits per heavy atom. The van der Waals surface area contributed by atoms with Crippen LogP contribution in [-0.4, -0.2) is 51.2 Å². The lowest BCUT2D eigenvalue weighted by atomic mass is 10.1. The Bertz CT molecular complexity index is 624. The molecule has 22 heavy (non-hydrogen) atoms. The van der Waals surface area contributed by atoms with Gasteiger partial charge in [0.25, 0.3) is 0 Å². The number of carbonyl (C=O) groups is 1. The van der Waals surface area contributed by atoms with E-state index in [9.17, 15) is 4.79 Å². The summed E-state index contributed by atoms with van der Waals surface area (Å²) in [6.45, 7) is 4.60. The number of piperazine rings is 1. The molecule has 1 amide bonds. The molecule has 1 N–H and O–H groups in total. The van der Waals surface area contributed by atoms with E-state index in [1.807, 2.05) is 39.8 Å². The minimum Gasteiger partial charge on any atom is -0.337 e. The third-order valence-corrected chi connectivity index (χ3v) is 4.04. The zero-order chi connectivity index (χ0) is 15.4. The van der Waals surface area contributed by atoms with Crippen molar-refractivity contribution in [3.8, 4) is 5.69 Å². The molecule has 3 rings (SSSR count). The number of hydrogen-bond acceptors (Lipinski definition) is 4. The zero-order valence-electron chi connectivity index (χ0n) is 12.8. The number of carbonyl (C=O) groups excluding carboxylic acids is 1. The van der Waals surface area contributed by atoms with E-state index in [2.05, 4.69) is 22.4 Å². The number of aromatic nitrogens is 3. The first kappa shape index (κ1) is 14.7. The van der Waals surface area contributed by atoms with E-state index in [1.54, 1.807) is 6.33 Å². The average molecular weight is 299 g/mol. The first-order valence-corrected chi connectivity index (χ1v) is 7.70. The molecule has 1 aromatic heterocycles. The summed E-state index contributed by atoms with van der Waals surface area (Å²) in [6.07, 6.45) is 2.77. The molecule has 0 saturated carbocycles. The van der Waals surface area contributed by atoms with E-state index in [1.165, 1.54) is 0 Å². The van der Waals surface area contributed by atoms with Crippen LogP contribution in [0.5, 0.6) is 0 Å². The molecule has 0 spiro atoms. The summed E-state index contributed by atoms with van der Waals surface area (Å²) in [5, 5.41) is 11.4. The molecule has 0 radical (unpaired) electrons. The van der Waals surface area contributed by atoms with E-state index >= 15 is 0 Å². The van der Waals surface area contributed by atoms with Gasteiger partial charge in [-0.15, -0.1) is 10.2 Å². The Morgan fingerprint density at radius 1 is 1.36 bits per heavy atom. The number of amides is 1. The van der Waals surface area contributed by atoms with Gasteiger partial charge in [0.2, 0.25) is 5.91 Å². The highest BCUT2D eigenvalue weighted by atomic mass is 16.2. The van der Waals surface area contributed by atoms with Gasteiger partial charge in [0, 0.05) is 44.2 Å². The highest BCUT2D eigenvalue weighted by molar-refractivity contribution is 5.76. The number of para-hydroxylation sites is 1. The molecule has 2 heterocycles. The van der Waals surface area contributed by atoms with Gasteiger partial charge in [-0.1, -0.05) is 18.2 Å². The normalized spacial score (nSPS) is 18.4. The van der Waals surface area contributed by atoms with Crippen LogP contribution in [-0.2, 0) is 11.2 Å². The number of rotatable bonds is 4. The predicted molar refractivity (Wildman–Crippen MR) is 83.7 cm³/mol. The number of benzene rings is 1. The number of hydrogen-bond donors (Lipinski definition) is 1. The minimum absolute atomic E-state index is 0.191. The van der Waals surface area contributed by atoms with Crippen LogP contribution in [0.2, 0.25) is 0 Å². The standard InChI is InChI=1S/C16H21N5O/c1-13-11-17-9-10-20(13)16(22)8-7-15-19-18-12-21(15)14-5-3-2-4-6-14/h2-6,12-13,17H,7-11H2,1H3. The summed E-state index contributed by atoms with van der Waals surface area (Å²) >= 11 is 0. The van der Waals surface area contributed by atoms with Crippen molar-refractivity contribution < 1.29 is 4.79 Å². The summed E-state index contributed by atoms with van der Waals surface area (Å²) in [7, 11) is 0. The van der Waals surface area contributed by atoms with Crippen LogP contribution in [0.1, 0.15) is 19.2 Å². The lowest BCUT2D eigenvalue weighted by molar-refractivity contribution is -0.133. The van der Waals surface area contributed by atoms with Crippen molar-refractivity contribution in [2.24, 2.45) is 0 Å². The molecule has 0 aliphatic carbocycles. The van der Waals surface area contributed by atoms with Gasteiger partial charge in [-0.2, -0.15) is 0 Å². The lowest BCUT2D eigenvalue weighted by Gasteiger charge is -2.34. The van der Waals surface area contributed by atoms with Gasteiger partial charge in [0.1, 0.15) is 12.2 Å². The van der Waals surface area contributed by atoms with Gasteiger partial charge in [-0.3, -0.25) is 9.36 Å². The van der Waals surface area contributed by atoms with Crippen LogP contribution in [0.25, 0.3) is 5.69 Å². The molecular weight excluding hydrogens is 278 g/mol. The van der Waals surface area contributed by atoms with Gasteiger partial charge in [-0.25, -0.2) is 0 Å². The maximum Gasteiger partial charge on any atom is 0.223 e. The molecule has 1 aliphatic rings. The number of nitrogens with zero attached hydrogens (tertiary/aromatic N) is 4. The topological polar surface area (TPSA) is 63.1 Å². The second-order valence-electron chi connectivity index (χ2n) is 5.59. The quantitative estimate of drug-likeness (QED) is 0.915. The van der Waals surface area contributed by atoms with E-state index in [4.69, 9.17) is 0 Å². The first-order valence-electron chi connectivity index (χ1n) is 7.70. The fourth-order valence-corrected chi connectivity index (χ4v) is 2.81. The van der Waals surface area contributed by atoms with E-state index < -0.39 is 0 Å². The zero-order valence-corrected chi connectivity index (χ0v) is 12.8. The van der Waals surface area contributed by atoms with Gasteiger partial charge in [0.05, 0.1) is 0 Å². The molecule has 116 valence electrons. The fraction of sp³-hybridized carbons (Fsp3) is 0.438. The van der Waals surface area contributed by atoms with Crippen molar-refractivity contribution in [2.75, 3.05) is 19.6 Å². The molecule has 1 aliphatic heterocycles. The van der Waals surface area contributed by atoms with Gasteiger partial charge >= 0.3 is 0 Å². The van der Waals surface area contributed by atoms with Gasteiger partial charge < -0.3 is 10.2 Å². The third kappa shape index (κ3) is 3.17. The van der Waals surface area contributed by atoms with E-state index in [0.29, 0.717) is 12.8 Å². The molecule has 6 heteroatoms. The van der Waals surface area contributed by atoms with Crippen LogP contribution in [0.15, 0.2) is 36.7 Å². The van der Waals surface area contributed by atoms with Crippen molar-refractivity contribution in [1.82, 2.24) is 25.0 Å². The maximum atomic E-state index is 12.4. The SMILES string of the molecule is CC1CNCCN1C(=O)CCc1nncn1-c1ccccc1. The second kappa shape index (κ2) is 6.70. The Labute approximate surface area is 130 Å². The molecule has 1 fully saturated rings. The summed E-state index contributed by atoms with van der Waals surface area (Å²) in [4.78, 5) is 14.4. The summed E-state index contributed by atoms with van der Waals surface area (Å²) in [5.74, 6) is 1.01. The summed E-state index contributed by atoms with van der Waals surface area (Å²) in [5.41, 5.74) is 1.02. The lowest BCUT2D eigenvalue weighted by Crippen LogP contribution is -2.52. The van der Waals surface area contributed by atoms with Gasteiger partial charge in [-0.05, 0) is 19.1 Å². The Balaban J connectivity index is 1.65. The van der Waals surface area contributed by atoms with Crippen molar-refractivity contribution in [2.45, 2.75) is 25.8 Å².